The van der Waals surface area contributed by atoms with Gasteiger partial charge in [-0.15, -0.1) is 0 Å². The molecule has 7 nitrogen and oxygen atoms in total. The van der Waals surface area contributed by atoms with Gasteiger partial charge in [-0.1, -0.05) is 24.3 Å². The number of carbonyl (C=O) groups is 1. The molecule has 0 bridgehead atoms. The van der Waals surface area contributed by atoms with E-state index in [4.69, 9.17) is 19.2 Å². The number of fused-ring (bicyclic) bond motifs is 3. The van der Waals surface area contributed by atoms with Crippen LogP contribution in [-0.2, 0) is 14.3 Å². The first-order chi connectivity index (χ1) is 14.6. The summed E-state index contributed by atoms with van der Waals surface area (Å²) in [5.74, 6) is 1.06. The summed E-state index contributed by atoms with van der Waals surface area (Å²) in [7, 11) is 1.58. The third-order valence-electron chi connectivity index (χ3n) is 5.06. The summed E-state index contributed by atoms with van der Waals surface area (Å²) in [6.45, 7) is 4.91. The van der Waals surface area contributed by atoms with Crippen LogP contribution in [-0.4, -0.2) is 42.5 Å². The largest absolute Gasteiger partial charge is 0.494 e. The number of methoxy groups -OCH3 is 1. The molecule has 30 heavy (non-hydrogen) atoms. The van der Waals surface area contributed by atoms with E-state index in [-0.39, 0.29) is 12.6 Å². The van der Waals surface area contributed by atoms with Crippen LogP contribution in [0.3, 0.4) is 0 Å². The van der Waals surface area contributed by atoms with Crippen molar-refractivity contribution in [1.29, 1.82) is 0 Å². The second-order valence-corrected chi connectivity index (χ2v) is 6.99. The minimum Gasteiger partial charge on any atom is -0.494 e. The Morgan fingerprint density at radius 3 is 2.80 bits per heavy atom. The molecule has 156 valence electrons. The minimum atomic E-state index is -0.399. The van der Waals surface area contributed by atoms with Crippen LogP contribution in [0.4, 0.5) is 5.95 Å². The SMILES string of the molecule is CCOc1cccc([C@H]2C(C(=O)OCCOC)=C(C)Nc3nc4ccccc4n32)c1. The van der Waals surface area contributed by atoms with Gasteiger partial charge >= 0.3 is 5.97 Å². The predicted molar refractivity (Wildman–Crippen MR) is 115 cm³/mol. The Morgan fingerprint density at radius 2 is 2.00 bits per heavy atom. The summed E-state index contributed by atoms with van der Waals surface area (Å²) < 4.78 is 18.3. The smallest absolute Gasteiger partial charge is 0.338 e. The zero-order chi connectivity index (χ0) is 21.1. The van der Waals surface area contributed by atoms with Crippen LogP contribution in [0.15, 0.2) is 59.8 Å². The fourth-order valence-electron chi connectivity index (χ4n) is 3.78. The maximum absolute atomic E-state index is 13.1. The van der Waals surface area contributed by atoms with Crippen LogP contribution in [0, 0.1) is 0 Å². The minimum absolute atomic E-state index is 0.190. The van der Waals surface area contributed by atoms with Crippen molar-refractivity contribution in [2.24, 2.45) is 0 Å². The number of imidazole rings is 1. The van der Waals surface area contributed by atoms with Crippen molar-refractivity contribution in [3.05, 3.63) is 65.4 Å². The zero-order valence-electron chi connectivity index (χ0n) is 17.3. The van der Waals surface area contributed by atoms with Crippen LogP contribution in [0.1, 0.15) is 25.5 Å². The van der Waals surface area contributed by atoms with Gasteiger partial charge in [0.2, 0.25) is 5.95 Å². The first kappa shape index (κ1) is 20.0. The maximum atomic E-state index is 13.1. The Balaban J connectivity index is 1.86. The van der Waals surface area contributed by atoms with E-state index in [1.54, 1.807) is 7.11 Å². The normalized spacial score (nSPS) is 15.6. The number of ether oxygens (including phenoxy) is 3. The molecule has 1 aliphatic rings. The molecule has 0 fully saturated rings. The average Bonchev–Trinajstić information content (AvgIpc) is 3.11. The standard InChI is InChI=1S/C23H25N3O4/c1-4-29-17-9-7-8-16(14-17)21-20(22(27)30-13-12-28-3)15(2)24-23-25-18-10-5-6-11-19(18)26(21)23/h5-11,14,21H,4,12-13H2,1-3H3,(H,24,25)/t21-/m0/s1. The van der Waals surface area contributed by atoms with E-state index in [1.165, 1.54) is 0 Å². The summed E-state index contributed by atoms with van der Waals surface area (Å²) in [6, 6.07) is 15.3. The van der Waals surface area contributed by atoms with Crippen molar-refractivity contribution in [2.45, 2.75) is 19.9 Å². The van der Waals surface area contributed by atoms with Gasteiger partial charge in [0.1, 0.15) is 12.4 Å². The fraction of sp³-hybridized carbons (Fsp3) is 0.304. The summed E-state index contributed by atoms with van der Waals surface area (Å²) in [5, 5.41) is 3.28. The molecule has 2 aromatic carbocycles. The van der Waals surface area contributed by atoms with Gasteiger partial charge in [-0.05, 0) is 43.7 Å². The highest BCUT2D eigenvalue weighted by atomic mass is 16.6. The van der Waals surface area contributed by atoms with Gasteiger partial charge in [-0.25, -0.2) is 9.78 Å². The van der Waals surface area contributed by atoms with Crippen LogP contribution >= 0.6 is 0 Å². The monoisotopic (exact) mass is 407 g/mol. The molecule has 0 unspecified atom stereocenters. The molecule has 0 spiro atoms. The lowest BCUT2D eigenvalue weighted by Gasteiger charge is -2.30. The van der Waals surface area contributed by atoms with Crippen molar-refractivity contribution in [2.75, 3.05) is 32.2 Å². The lowest BCUT2D eigenvalue weighted by atomic mass is 9.95. The molecule has 7 heteroatoms. The Kier molecular flexibility index (Phi) is 5.72. The number of nitrogens with one attached hydrogen (secondary N) is 1. The molecule has 2 heterocycles. The van der Waals surface area contributed by atoms with E-state index in [1.807, 2.05) is 66.9 Å². The Hall–Kier alpha value is -3.32. The number of nitrogens with zero attached hydrogens (tertiary/aromatic N) is 2. The molecule has 1 atom stereocenters. The number of esters is 1. The number of aromatic nitrogens is 2. The topological polar surface area (TPSA) is 74.6 Å². The average molecular weight is 407 g/mol. The van der Waals surface area contributed by atoms with Gasteiger partial charge in [0, 0.05) is 12.8 Å². The Morgan fingerprint density at radius 1 is 1.17 bits per heavy atom. The number of hydrogen-bond acceptors (Lipinski definition) is 6. The summed E-state index contributed by atoms with van der Waals surface area (Å²) >= 11 is 0. The molecule has 0 saturated carbocycles. The summed E-state index contributed by atoms with van der Waals surface area (Å²) in [6.07, 6.45) is 0. The second-order valence-electron chi connectivity index (χ2n) is 6.99. The second kappa shape index (κ2) is 8.59. The van der Waals surface area contributed by atoms with Crippen LogP contribution in [0.2, 0.25) is 0 Å². The summed E-state index contributed by atoms with van der Waals surface area (Å²) in [4.78, 5) is 17.8. The molecular weight excluding hydrogens is 382 g/mol. The van der Waals surface area contributed by atoms with E-state index in [0.29, 0.717) is 30.4 Å². The Labute approximate surface area is 175 Å². The predicted octanol–water partition coefficient (Wildman–Crippen LogP) is 3.91. The van der Waals surface area contributed by atoms with E-state index in [0.717, 1.165) is 22.3 Å². The van der Waals surface area contributed by atoms with Gasteiger partial charge in [0.25, 0.3) is 0 Å². The van der Waals surface area contributed by atoms with E-state index >= 15 is 0 Å². The van der Waals surface area contributed by atoms with Crippen LogP contribution < -0.4 is 10.1 Å². The van der Waals surface area contributed by atoms with E-state index in [2.05, 4.69) is 5.32 Å². The Bertz CT molecular complexity index is 1100. The van der Waals surface area contributed by atoms with Gasteiger partial charge in [-0.2, -0.15) is 0 Å². The van der Waals surface area contributed by atoms with Crippen molar-refractivity contribution < 1.29 is 19.0 Å². The van der Waals surface area contributed by atoms with Gasteiger partial charge in [0.15, 0.2) is 0 Å². The van der Waals surface area contributed by atoms with E-state index in [9.17, 15) is 4.79 Å². The maximum Gasteiger partial charge on any atom is 0.338 e. The lowest BCUT2D eigenvalue weighted by Crippen LogP contribution is -2.29. The fourth-order valence-corrected chi connectivity index (χ4v) is 3.78. The number of rotatable bonds is 7. The van der Waals surface area contributed by atoms with Gasteiger partial charge in [0.05, 0.1) is 35.9 Å². The highest BCUT2D eigenvalue weighted by Gasteiger charge is 2.35. The molecule has 0 saturated heterocycles. The van der Waals surface area contributed by atoms with Crippen LogP contribution in [0.5, 0.6) is 5.75 Å². The third kappa shape index (κ3) is 3.64. The third-order valence-corrected chi connectivity index (χ3v) is 5.06. The number of allylic oxidation sites excluding steroid dienone is 1. The summed E-state index contributed by atoms with van der Waals surface area (Å²) in [5.41, 5.74) is 3.96. The molecule has 4 rings (SSSR count). The molecule has 0 aliphatic carbocycles. The van der Waals surface area contributed by atoms with Crippen molar-refractivity contribution in [3.63, 3.8) is 0 Å². The first-order valence-corrected chi connectivity index (χ1v) is 9.97. The van der Waals surface area contributed by atoms with Crippen molar-refractivity contribution in [1.82, 2.24) is 9.55 Å². The van der Waals surface area contributed by atoms with Gasteiger partial charge in [-0.3, -0.25) is 4.57 Å². The first-order valence-electron chi connectivity index (χ1n) is 9.97. The molecule has 0 amide bonds. The van der Waals surface area contributed by atoms with Crippen molar-refractivity contribution >= 4 is 23.0 Å². The molecule has 1 aromatic heterocycles. The molecule has 1 aliphatic heterocycles. The molecule has 1 N–H and O–H groups in total. The molecule has 3 aromatic rings. The number of anilines is 1. The molecular formula is C23H25N3O4. The highest BCUT2D eigenvalue weighted by Crippen LogP contribution is 2.40. The number of para-hydroxylation sites is 2. The number of carbonyl (C=O) groups excluding carboxylic acids is 1. The van der Waals surface area contributed by atoms with Gasteiger partial charge < -0.3 is 19.5 Å². The highest BCUT2D eigenvalue weighted by molar-refractivity contribution is 5.94. The van der Waals surface area contributed by atoms with E-state index < -0.39 is 6.04 Å². The zero-order valence-corrected chi connectivity index (χ0v) is 17.3. The number of benzene rings is 2. The quantitative estimate of drug-likeness (QED) is 0.473. The lowest BCUT2D eigenvalue weighted by molar-refractivity contribution is -0.140. The van der Waals surface area contributed by atoms with Crippen molar-refractivity contribution in [3.8, 4) is 5.75 Å². The van der Waals surface area contributed by atoms with Crippen LogP contribution in [0.25, 0.3) is 11.0 Å². The number of hydrogen-bond donors (Lipinski definition) is 1. The molecule has 0 radical (unpaired) electrons.